The summed E-state index contributed by atoms with van der Waals surface area (Å²) in [6.45, 7) is 17.7. The molecule has 3 unspecified atom stereocenters. The average molecular weight is 976 g/mol. The number of aldehydes is 1. The second kappa shape index (κ2) is 28.3. The van der Waals surface area contributed by atoms with Crippen molar-refractivity contribution in [2.45, 2.75) is 142 Å². The first-order chi connectivity index (χ1) is 32.1. The van der Waals surface area contributed by atoms with E-state index in [1.54, 1.807) is 39.8 Å². The first kappa shape index (κ1) is 60.8. The fourth-order valence-electron chi connectivity index (χ4n) is 6.83. The Morgan fingerprint density at radius 3 is 1.72 bits per heavy atom. The highest BCUT2D eigenvalue weighted by Gasteiger charge is 2.45. The number of ether oxygens (including phenoxy) is 4. The van der Waals surface area contributed by atoms with E-state index in [1.165, 1.54) is 63.1 Å². The summed E-state index contributed by atoms with van der Waals surface area (Å²) >= 11 is 0. The van der Waals surface area contributed by atoms with E-state index in [4.69, 9.17) is 18.9 Å². The number of carbonyl (C=O) groups is 10. The van der Waals surface area contributed by atoms with Gasteiger partial charge < -0.3 is 64.8 Å². The van der Waals surface area contributed by atoms with E-state index >= 15 is 0 Å². The van der Waals surface area contributed by atoms with Gasteiger partial charge in [0.1, 0.15) is 54.5 Å². The number of nitrogens with one attached hydrogen (secondary N) is 4. The molecule has 22 nitrogen and oxygen atoms in total. The van der Waals surface area contributed by atoms with Crippen molar-refractivity contribution in [1.29, 1.82) is 0 Å². The molecule has 0 aliphatic rings. The normalized spacial score (nSPS) is 16.0. The number of hydrogen-bond acceptors (Lipinski definition) is 15. The predicted octanol–water partition coefficient (Wildman–Crippen LogP) is -0.361. The van der Waals surface area contributed by atoms with Gasteiger partial charge in [-0.15, -0.1) is 0 Å². The van der Waals surface area contributed by atoms with Gasteiger partial charge in [-0.2, -0.15) is 0 Å². The van der Waals surface area contributed by atoms with Gasteiger partial charge in [0.15, 0.2) is 12.1 Å². The van der Waals surface area contributed by atoms with Crippen molar-refractivity contribution in [1.82, 2.24) is 36.0 Å². The maximum atomic E-state index is 14.8. The molecule has 1 aromatic carbocycles. The van der Waals surface area contributed by atoms with Crippen LogP contribution in [0.1, 0.15) is 74.8 Å². The molecule has 0 aliphatic carbocycles. The molecule has 22 heteroatoms. The predicted molar refractivity (Wildman–Crippen MR) is 250 cm³/mol. The van der Waals surface area contributed by atoms with Crippen LogP contribution >= 0.6 is 0 Å². The standard InChI is InChI=1S/C47H73N7O15/c1-24(2)39(58)36(50-32(11)57)46(64)69-40(25(3)4)37(45(63)54(14)38(30(9)66-15)47(65)68-29(8)34(23-55)49-31(10)56)51-42(60)28(7)52(12)43(61)26(5)48-41(59)27(6)53(13)44(62)35(67-16)22-33-20-18-17-19-21-33/h17-21,23-26,28-30,34-40,58H,6,22H2,1-5,7-16H3,(H,48,59)(H,49,56)(H,50,57)(H,51,60)/t26-,28-,29+,30+,34+,35+,36?,37-,38?,39?,40+/m0/s1. The summed E-state index contributed by atoms with van der Waals surface area (Å²) in [5.41, 5.74) is 0.507. The van der Waals surface area contributed by atoms with Gasteiger partial charge in [-0.3, -0.25) is 33.6 Å². The number of benzene rings is 1. The molecule has 0 aromatic heterocycles. The molecule has 1 aromatic rings. The van der Waals surface area contributed by atoms with Crippen LogP contribution in [0.2, 0.25) is 0 Å². The quantitative estimate of drug-likeness (QED) is 0.0428. The molecule has 0 saturated heterocycles. The maximum Gasteiger partial charge on any atom is 0.331 e. The number of methoxy groups -OCH3 is 2. The highest BCUT2D eigenvalue weighted by molar-refractivity contribution is 6.00. The van der Waals surface area contributed by atoms with Gasteiger partial charge >= 0.3 is 11.9 Å². The molecule has 0 heterocycles. The van der Waals surface area contributed by atoms with Crippen molar-refractivity contribution in [3.05, 3.63) is 48.2 Å². The van der Waals surface area contributed by atoms with E-state index in [-0.39, 0.29) is 12.1 Å². The summed E-state index contributed by atoms with van der Waals surface area (Å²) in [5.74, 6) is -9.17. The molecule has 0 bridgehead atoms. The van der Waals surface area contributed by atoms with Gasteiger partial charge in [-0.1, -0.05) is 64.6 Å². The maximum absolute atomic E-state index is 14.8. The molecule has 7 amide bonds. The van der Waals surface area contributed by atoms with Gasteiger partial charge in [0.05, 0.1) is 12.2 Å². The lowest BCUT2D eigenvalue weighted by Crippen LogP contribution is -2.63. The Kier molecular flexibility index (Phi) is 24.9. The van der Waals surface area contributed by atoms with Gasteiger partial charge in [0.2, 0.25) is 29.5 Å². The van der Waals surface area contributed by atoms with E-state index in [9.17, 15) is 53.1 Å². The van der Waals surface area contributed by atoms with Crippen molar-refractivity contribution in [2.75, 3.05) is 35.4 Å². The Morgan fingerprint density at radius 2 is 1.25 bits per heavy atom. The topological polar surface area (TPSA) is 286 Å². The van der Waals surface area contributed by atoms with Crippen molar-refractivity contribution in [2.24, 2.45) is 11.8 Å². The number of rotatable bonds is 27. The summed E-state index contributed by atoms with van der Waals surface area (Å²) < 4.78 is 22.2. The largest absolute Gasteiger partial charge is 0.458 e. The smallest absolute Gasteiger partial charge is 0.331 e. The SMILES string of the molecule is C=C(C(=O)N[C@@H](C)C(=O)N(C)[C@@H](C)C(=O)N[C@H](C(=O)N(C)C(C(=O)O[C@H](C)[C@@H](C=O)NC(C)=O)[C@@H](C)OC)[C@H](OC(=O)C(NC(C)=O)C(O)C(C)C)C(C)C)N(C)C(=O)[C@@H](Cc1ccccc1)OC. The number of likely N-dealkylation sites (N-methyl/N-ethyl adjacent to an activating group) is 3. The molecule has 69 heavy (non-hydrogen) atoms. The first-order valence-corrected chi connectivity index (χ1v) is 22.4. The summed E-state index contributed by atoms with van der Waals surface area (Å²) in [6.07, 6.45) is -5.78. The molecule has 11 atom stereocenters. The fraction of sp³-hybridized carbons (Fsp3) is 0.617. The van der Waals surface area contributed by atoms with Crippen molar-refractivity contribution >= 4 is 59.6 Å². The van der Waals surface area contributed by atoms with Gasteiger partial charge in [-0.05, 0) is 45.1 Å². The van der Waals surface area contributed by atoms with Gasteiger partial charge in [0.25, 0.3) is 11.8 Å². The highest BCUT2D eigenvalue weighted by Crippen LogP contribution is 2.21. The second-order valence-corrected chi connectivity index (χ2v) is 17.5. The van der Waals surface area contributed by atoms with Crippen molar-refractivity contribution in [3.8, 4) is 0 Å². The Hall–Kier alpha value is -6.26. The minimum atomic E-state index is -1.85. The minimum absolute atomic E-state index is 0.208. The van der Waals surface area contributed by atoms with Gasteiger partial charge in [0, 0.05) is 55.6 Å². The van der Waals surface area contributed by atoms with E-state index in [0.29, 0.717) is 6.29 Å². The molecule has 0 radical (unpaired) electrons. The molecule has 386 valence electrons. The van der Waals surface area contributed by atoms with Gasteiger partial charge in [-0.25, -0.2) is 9.59 Å². The Labute approximate surface area is 404 Å². The zero-order chi connectivity index (χ0) is 53.2. The Bertz CT molecular complexity index is 1980. The van der Waals surface area contributed by atoms with Crippen LogP contribution in [-0.4, -0.2) is 182 Å². The van der Waals surface area contributed by atoms with Crippen molar-refractivity contribution in [3.63, 3.8) is 0 Å². The summed E-state index contributed by atoms with van der Waals surface area (Å²) in [4.78, 5) is 136. The van der Waals surface area contributed by atoms with Crippen molar-refractivity contribution < 1.29 is 72.0 Å². The van der Waals surface area contributed by atoms with Crippen LogP contribution in [0.3, 0.4) is 0 Å². The number of aliphatic hydroxyl groups excluding tert-OH is 1. The lowest BCUT2D eigenvalue weighted by atomic mass is 9.95. The molecular formula is C47H73N7O15. The van der Waals surface area contributed by atoms with E-state index < -0.39 is 132 Å². The second-order valence-electron chi connectivity index (χ2n) is 17.5. The Morgan fingerprint density at radius 1 is 0.681 bits per heavy atom. The molecule has 0 aliphatic heterocycles. The van der Waals surface area contributed by atoms with Crippen LogP contribution in [0, 0.1) is 11.8 Å². The molecular weight excluding hydrogens is 903 g/mol. The number of nitrogens with zero attached hydrogens (tertiary/aromatic N) is 3. The Balaban J connectivity index is 3.61. The molecule has 5 N–H and O–H groups in total. The molecule has 0 fully saturated rings. The number of aliphatic hydroxyl groups is 1. The monoisotopic (exact) mass is 976 g/mol. The van der Waals surface area contributed by atoms with Crippen LogP contribution in [0.5, 0.6) is 0 Å². The third-order valence-corrected chi connectivity index (χ3v) is 11.4. The first-order valence-electron chi connectivity index (χ1n) is 22.4. The van der Waals surface area contributed by atoms with E-state index in [2.05, 4.69) is 27.8 Å². The number of esters is 2. The summed E-state index contributed by atoms with van der Waals surface area (Å²) in [5, 5.41) is 20.7. The van der Waals surface area contributed by atoms with Crippen LogP contribution in [-0.2, 0) is 73.3 Å². The van der Waals surface area contributed by atoms with Crippen LogP contribution in [0.4, 0.5) is 0 Å². The summed E-state index contributed by atoms with van der Waals surface area (Å²) in [6, 6.07) is 0.0286. The number of amides is 7. The summed E-state index contributed by atoms with van der Waals surface area (Å²) in [7, 11) is 6.36. The lowest BCUT2D eigenvalue weighted by molar-refractivity contribution is -0.170. The molecule has 0 spiro atoms. The van der Waals surface area contributed by atoms with E-state index in [0.717, 1.165) is 34.1 Å². The van der Waals surface area contributed by atoms with Crippen LogP contribution in [0.15, 0.2) is 42.6 Å². The third kappa shape index (κ3) is 17.6. The zero-order valence-corrected chi connectivity index (χ0v) is 42.4. The minimum Gasteiger partial charge on any atom is -0.458 e. The third-order valence-electron chi connectivity index (χ3n) is 11.4. The van der Waals surface area contributed by atoms with Crippen LogP contribution < -0.4 is 21.3 Å². The fourth-order valence-corrected chi connectivity index (χ4v) is 6.83. The number of carbonyl (C=O) groups excluding carboxylic acids is 10. The number of hydrogen-bond donors (Lipinski definition) is 5. The average Bonchev–Trinajstić information content (AvgIpc) is 3.30. The molecule has 0 saturated carbocycles. The van der Waals surface area contributed by atoms with Crippen LogP contribution in [0.25, 0.3) is 0 Å². The van der Waals surface area contributed by atoms with E-state index in [1.807, 2.05) is 18.2 Å². The zero-order valence-electron chi connectivity index (χ0n) is 42.4. The lowest BCUT2D eigenvalue weighted by Gasteiger charge is -2.38. The highest BCUT2D eigenvalue weighted by atomic mass is 16.6. The molecule has 1 rings (SSSR count).